The first-order valence-corrected chi connectivity index (χ1v) is 9.53. The molecule has 0 saturated carbocycles. The van der Waals surface area contributed by atoms with Gasteiger partial charge in [-0.05, 0) is 63.8 Å². The van der Waals surface area contributed by atoms with E-state index >= 15 is 0 Å². The summed E-state index contributed by atoms with van der Waals surface area (Å²) >= 11 is 0. The number of rotatable bonds is 9. The molecule has 1 rings (SSSR count). The molecule has 0 aromatic heterocycles. The molecular weight excluding hydrogens is 344 g/mol. The van der Waals surface area contributed by atoms with Crippen LogP contribution in [0.15, 0.2) is 18.2 Å². The zero-order chi connectivity index (χ0) is 20.6. The van der Waals surface area contributed by atoms with E-state index in [1.807, 2.05) is 47.6 Å². The van der Waals surface area contributed by atoms with E-state index in [2.05, 4.69) is 5.32 Å². The number of amides is 2. The number of carbonyl (C=O) groups excluding carboxylic acids is 3. The van der Waals surface area contributed by atoms with E-state index in [1.165, 1.54) is 0 Å². The Bertz CT molecular complexity index is 662. The molecule has 0 aliphatic rings. The monoisotopic (exact) mass is 376 g/mol. The zero-order valence-corrected chi connectivity index (χ0v) is 17.3. The summed E-state index contributed by atoms with van der Waals surface area (Å²) < 4.78 is 5.06. The van der Waals surface area contributed by atoms with Crippen LogP contribution in [0.4, 0.5) is 0 Å². The minimum absolute atomic E-state index is 0.0793. The van der Waals surface area contributed by atoms with Gasteiger partial charge in [-0.15, -0.1) is 0 Å². The second kappa shape index (κ2) is 10.7. The SMILES string of the molecule is CC[C@@H](C)N(C(=O)COC(=O)CNC(=O)c1ccc(C)c(C)c1)[C@H](C)CC. The first-order valence-electron chi connectivity index (χ1n) is 9.53. The molecule has 0 aliphatic heterocycles. The van der Waals surface area contributed by atoms with E-state index in [0.29, 0.717) is 5.56 Å². The van der Waals surface area contributed by atoms with Crippen LogP contribution in [-0.4, -0.2) is 47.9 Å². The average Bonchev–Trinajstić information content (AvgIpc) is 2.66. The van der Waals surface area contributed by atoms with Gasteiger partial charge in [-0.1, -0.05) is 19.9 Å². The number of hydrogen-bond donors (Lipinski definition) is 1. The van der Waals surface area contributed by atoms with Gasteiger partial charge in [0.05, 0.1) is 0 Å². The third kappa shape index (κ3) is 6.70. The maximum absolute atomic E-state index is 12.4. The second-order valence-corrected chi connectivity index (χ2v) is 6.96. The molecule has 0 bridgehead atoms. The fourth-order valence-electron chi connectivity index (χ4n) is 2.72. The highest BCUT2D eigenvalue weighted by Gasteiger charge is 2.24. The fraction of sp³-hybridized carbons (Fsp3) is 0.571. The van der Waals surface area contributed by atoms with E-state index in [1.54, 1.807) is 17.0 Å². The Hall–Kier alpha value is -2.37. The van der Waals surface area contributed by atoms with Crippen LogP contribution in [-0.2, 0) is 14.3 Å². The van der Waals surface area contributed by atoms with E-state index < -0.39 is 5.97 Å². The van der Waals surface area contributed by atoms with Crippen molar-refractivity contribution in [2.45, 2.75) is 66.5 Å². The maximum atomic E-state index is 12.4. The highest BCUT2D eigenvalue weighted by Crippen LogP contribution is 2.12. The molecule has 0 unspecified atom stereocenters. The van der Waals surface area contributed by atoms with Crippen LogP contribution in [0.3, 0.4) is 0 Å². The van der Waals surface area contributed by atoms with E-state index in [0.717, 1.165) is 24.0 Å². The van der Waals surface area contributed by atoms with Crippen LogP contribution in [0.2, 0.25) is 0 Å². The van der Waals surface area contributed by atoms with Gasteiger partial charge in [0.25, 0.3) is 11.8 Å². The zero-order valence-electron chi connectivity index (χ0n) is 17.3. The number of carbonyl (C=O) groups is 3. The molecule has 1 aromatic carbocycles. The Morgan fingerprint density at radius 1 is 1.04 bits per heavy atom. The topological polar surface area (TPSA) is 75.7 Å². The Morgan fingerprint density at radius 2 is 1.63 bits per heavy atom. The van der Waals surface area contributed by atoms with Crippen molar-refractivity contribution in [2.24, 2.45) is 0 Å². The summed E-state index contributed by atoms with van der Waals surface area (Å²) in [5.74, 6) is -1.19. The molecule has 0 saturated heterocycles. The third-order valence-corrected chi connectivity index (χ3v) is 4.94. The van der Waals surface area contributed by atoms with Gasteiger partial charge in [0.15, 0.2) is 6.61 Å². The Morgan fingerprint density at radius 3 is 2.15 bits per heavy atom. The first-order chi connectivity index (χ1) is 12.7. The molecule has 2 amide bonds. The summed E-state index contributed by atoms with van der Waals surface area (Å²) in [6, 6.07) is 5.50. The lowest BCUT2D eigenvalue weighted by atomic mass is 10.1. The minimum atomic E-state index is -0.631. The molecule has 0 heterocycles. The molecule has 27 heavy (non-hydrogen) atoms. The van der Waals surface area contributed by atoms with Gasteiger partial charge in [-0.3, -0.25) is 14.4 Å². The largest absolute Gasteiger partial charge is 0.454 e. The molecule has 1 aromatic rings. The van der Waals surface area contributed by atoms with Crippen molar-refractivity contribution >= 4 is 17.8 Å². The quantitative estimate of drug-likeness (QED) is 0.672. The number of aryl methyl sites for hydroxylation is 2. The van der Waals surface area contributed by atoms with Gasteiger partial charge in [0.2, 0.25) is 0 Å². The molecule has 0 fully saturated rings. The first kappa shape index (κ1) is 22.7. The van der Waals surface area contributed by atoms with Gasteiger partial charge in [0.1, 0.15) is 6.54 Å². The summed E-state index contributed by atoms with van der Waals surface area (Å²) in [4.78, 5) is 38.2. The van der Waals surface area contributed by atoms with Gasteiger partial charge in [0, 0.05) is 17.6 Å². The molecule has 0 aliphatic carbocycles. The van der Waals surface area contributed by atoms with Crippen LogP contribution in [0.1, 0.15) is 62.0 Å². The number of nitrogens with zero attached hydrogens (tertiary/aromatic N) is 1. The Labute approximate surface area is 162 Å². The molecule has 0 radical (unpaired) electrons. The lowest BCUT2D eigenvalue weighted by molar-refractivity contribution is -0.153. The van der Waals surface area contributed by atoms with E-state index in [4.69, 9.17) is 4.74 Å². The van der Waals surface area contributed by atoms with Crippen molar-refractivity contribution < 1.29 is 19.1 Å². The molecular formula is C21H32N2O4. The van der Waals surface area contributed by atoms with Gasteiger partial charge >= 0.3 is 5.97 Å². The summed E-state index contributed by atoms with van der Waals surface area (Å²) in [6.07, 6.45) is 1.66. The molecule has 1 N–H and O–H groups in total. The standard InChI is InChI=1S/C21H32N2O4/c1-7-16(5)23(17(6)8-2)19(24)13-27-20(25)12-22-21(26)18-10-9-14(3)15(4)11-18/h9-11,16-17H,7-8,12-13H2,1-6H3,(H,22,26)/t16-,17-/m1/s1. The van der Waals surface area contributed by atoms with Crippen LogP contribution in [0.5, 0.6) is 0 Å². The predicted octanol–water partition coefficient (Wildman–Crippen LogP) is 3.00. The van der Waals surface area contributed by atoms with Gasteiger partial charge < -0.3 is 15.0 Å². The third-order valence-electron chi connectivity index (χ3n) is 4.94. The Kier molecular flexibility index (Phi) is 8.98. The van der Waals surface area contributed by atoms with Crippen molar-refractivity contribution in [3.05, 3.63) is 34.9 Å². The van der Waals surface area contributed by atoms with Gasteiger partial charge in [-0.25, -0.2) is 0 Å². The number of benzene rings is 1. The highest BCUT2D eigenvalue weighted by atomic mass is 16.5. The Balaban J connectivity index is 2.53. The highest BCUT2D eigenvalue weighted by molar-refractivity contribution is 5.96. The molecule has 150 valence electrons. The number of nitrogens with one attached hydrogen (secondary N) is 1. The lowest BCUT2D eigenvalue weighted by Gasteiger charge is -2.33. The average molecular weight is 376 g/mol. The lowest BCUT2D eigenvalue weighted by Crippen LogP contribution is -2.46. The van der Waals surface area contributed by atoms with E-state index in [9.17, 15) is 14.4 Å². The number of hydrogen-bond acceptors (Lipinski definition) is 4. The van der Waals surface area contributed by atoms with Crippen molar-refractivity contribution in [2.75, 3.05) is 13.2 Å². The van der Waals surface area contributed by atoms with Gasteiger partial charge in [-0.2, -0.15) is 0 Å². The smallest absolute Gasteiger partial charge is 0.325 e. The minimum Gasteiger partial charge on any atom is -0.454 e. The number of esters is 1. The molecule has 6 heteroatoms. The summed E-state index contributed by atoms with van der Waals surface area (Å²) in [5.41, 5.74) is 2.59. The fourth-order valence-corrected chi connectivity index (χ4v) is 2.72. The van der Waals surface area contributed by atoms with Crippen LogP contribution < -0.4 is 5.32 Å². The molecule has 0 spiro atoms. The normalized spacial score (nSPS) is 12.8. The van der Waals surface area contributed by atoms with Crippen molar-refractivity contribution in [3.63, 3.8) is 0 Å². The summed E-state index contributed by atoms with van der Waals surface area (Å²) in [6.45, 7) is 11.3. The van der Waals surface area contributed by atoms with Crippen molar-refractivity contribution in [1.82, 2.24) is 10.2 Å². The van der Waals surface area contributed by atoms with Crippen molar-refractivity contribution in [1.29, 1.82) is 0 Å². The second-order valence-electron chi connectivity index (χ2n) is 6.96. The summed E-state index contributed by atoms with van der Waals surface area (Å²) in [5, 5.41) is 2.53. The number of ether oxygens (including phenoxy) is 1. The maximum Gasteiger partial charge on any atom is 0.325 e. The van der Waals surface area contributed by atoms with Crippen molar-refractivity contribution in [3.8, 4) is 0 Å². The van der Waals surface area contributed by atoms with Crippen LogP contribution in [0.25, 0.3) is 0 Å². The van der Waals surface area contributed by atoms with E-state index in [-0.39, 0.29) is 37.0 Å². The predicted molar refractivity (Wildman–Crippen MR) is 106 cm³/mol. The molecule has 2 atom stereocenters. The van der Waals surface area contributed by atoms with Crippen LogP contribution >= 0.6 is 0 Å². The van der Waals surface area contributed by atoms with Crippen LogP contribution in [0, 0.1) is 13.8 Å². The molecule has 6 nitrogen and oxygen atoms in total. The summed E-state index contributed by atoms with van der Waals surface area (Å²) in [7, 11) is 0.